The van der Waals surface area contributed by atoms with Crippen molar-refractivity contribution in [3.63, 3.8) is 0 Å². The van der Waals surface area contributed by atoms with Gasteiger partial charge in [-0.05, 0) is 42.8 Å². The molecule has 0 amide bonds. The van der Waals surface area contributed by atoms with Crippen LogP contribution in [0.4, 0.5) is 5.69 Å². The fourth-order valence-electron chi connectivity index (χ4n) is 1.98. The van der Waals surface area contributed by atoms with Crippen molar-refractivity contribution in [1.29, 1.82) is 0 Å². The maximum atomic E-state index is 11.7. The summed E-state index contributed by atoms with van der Waals surface area (Å²) in [6, 6.07) is 5.09. The van der Waals surface area contributed by atoms with Crippen LogP contribution in [0.2, 0.25) is 0 Å². The van der Waals surface area contributed by atoms with Gasteiger partial charge in [0.2, 0.25) is 0 Å². The van der Waals surface area contributed by atoms with Crippen molar-refractivity contribution in [2.75, 3.05) is 12.8 Å². The van der Waals surface area contributed by atoms with E-state index in [1.54, 1.807) is 22.8 Å². The van der Waals surface area contributed by atoms with Crippen LogP contribution >= 0.6 is 11.8 Å². The predicted octanol–water partition coefficient (Wildman–Crippen LogP) is 1.43. The summed E-state index contributed by atoms with van der Waals surface area (Å²) < 4.78 is 6.33. The molecule has 1 aromatic carbocycles. The molecule has 0 unspecified atom stereocenters. The third-order valence-electron chi connectivity index (χ3n) is 3.22. The Labute approximate surface area is 124 Å². The number of carbonyl (C=O) groups excluding carboxylic acids is 1. The lowest BCUT2D eigenvalue weighted by Crippen LogP contribution is -2.16. The number of benzene rings is 1. The highest BCUT2D eigenvalue weighted by atomic mass is 32.2. The molecule has 2 aromatic rings. The van der Waals surface area contributed by atoms with Crippen molar-refractivity contribution in [2.24, 2.45) is 0 Å². The zero-order valence-corrected chi connectivity index (χ0v) is 12.1. The fourth-order valence-corrected chi connectivity index (χ4v) is 2.97. The van der Waals surface area contributed by atoms with Gasteiger partial charge in [0.25, 0.3) is 0 Å². The molecular formula is C13H14N4O3S. The van der Waals surface area contributed by atoms with Gasteiger partial charge in [0.15, 0.2) is 5.16 Å². The highest BCUT2D eigenvalue weighted by molar-refractivity contribution is 7.99. The molecule has 3 N–H and O–H groups in total. The zero-order valence-electron chi connectivity index (χ0n) is 11.3. The molecule has 0 radical (unpaired) electrons. The van der Waals surface area contributed by atoms with Crippen LogP contribution in [0.5, 0.6) is 0 Å². The van der Waals surface area contributed by atoms with Crippen molar-refractivity contribution in [2.45, 2.75) is 28.9 Å². The molecule has 1 aliphatic carbocycles. The molecule has 1 saturated carbocycles. The molecule has 1 fully saturated rings. The molecule has 0 saturated heterocycles. The van der Waals surface area contributed by atoms with Gasteiger partial charge >= 0.3 is 11.7 Å². The summed E-state index contributed by atoms with van der Waals surface area (Å²) in [5, 5.41) is 7.03. The minimum absolute atomic E-state index is 0.212. The molecule has 0 aliphatic heterocycles. The molecule has 0 atom stereocenters. The summed E-state index contributed by atoms with van der Waals surface area (Å²) in [6.07, 6.45) is 1.95. The lowest BCUT2D eigenvalue weighted by atomic mass is 10.2. The number of aromatic amines is 1. The van der Waals surface area contributed by atoms with Crippen molar-refractivity contribution >= 4 is 23.4 Å². The molecule has 110 valence electrons. The van der Waals surface area contributed by atoms with Gasteiger partial charge in [-0.15, -0.1) is 5.10 Å². The van der Waals surface area contributed by atoms with Gasteiger partial charge in [0.05, 0.1) is 12.7 Å². The van der Waals surface area contributed by atoms with Crippen LogP contribution in [-0.4, -0.2) is 27.8 Å². The Hall–Kier alpha value is -2.22. The Morgan fingerprint density at radius 1 is 1.52 bits per heavy atom. The third kappa shape index (κ3) is 2.66. The van der Waals surface area contributed by atoms with E-state index in [0.717, 1.165) is 12.8 Å². The number of hydrogen-bond donors (Lipinski definition) is 2. The lowest BCUT2D eigenvalue weighted by molar-refractivity contribution is 0.0600. The number of esters is 1. The first-order valence-electron chi connectivity index (χ1n) is 6.42. The van der Waals surface area contributed by atoms with Crippen molar-refractivity contribution in [1.82, 2.24) is 14.8 Å². The van der Waals surface area contributed by atoms with Gasteiger partial charge in [-0.1, -0.05) is 0 Å². The van der Waals surface area contributed by atoms with Gasteiger partial charge in [0.1, 0.15) is 0 Å². The summed E-state index contributed by atoms with van der Waals surface area (Å²) in [5.74, 6) is -0.432. The Kier molecular flexibility index (Phi) is 3.46. The molecular weight excluding hydrogens is 292 g/mol. The minimum atomic E-state index is -0.432. The van der Waals surface area contributed by atoms with Crippen LogP contribution in [0.25, 0.3) is 0 Å². The lowest BCUT2D eigenvalue weighted by Gasteiger charge is -2.08. The summed E-state index contributed by atoms with van der Waals surface area (Å²) in [6.45, 7) is 0. The molecule has 0 bridgehead atoms. The number of ether oxygens (including phenoxy) is 1. The number of carbonyl (C=O) groups is 1. The van der Waals surface area contributed by atoms with E-state index >= 15 is 0 Å². The van der Waals surface area contributed by atoms with Crippen LogP contribution in [0.1, 0.15) is 29.2 Å². The quantitative estimate of drug-likeness (QED) is 0.654. The average molecular weight is 306 g/mol. The van der Waals surface area contributed by atoms with E-state index in [4.69, 9.17) is 10.5 Å². The smallest absolute Gasteiger partial charge is 0.344 e. The maximum absolute atomic E-state index is 11.7. The SMILES string of the molecule is COC(=O)c1ccc(N)c(Sc2n[nH]c(=O)n2C2CC2)c1. The molecule has 1 heterocycles. The van der Waals surface area contributed by atoms with Gasteiger partial charge in [-0.25, -0.2) is 14.7 Å². The Morgan fingerprint density at radius 2 is 2.29 bits per heavy atom. The molecule has 3 rings (SSSR count). The predicted molar refractivity (Wildman–Crippen MR) is 77.4 cm³/mol. The first-order valence-corrected chi connectivity index (χ1v) is 7.24. The summed E-state index contributed by atoms with van der Waals surface area (Å²) >= 11 is 1.26. The second-order valence-corrected chi connectivity index (χ2v) is 5.77. The number of aromatic nitrogens is 3. The first kappa shape index (κ1) is 13.7. The molecule has 21 heavy (non-hydrogen) atoms. The van der Waals surface area contributed by atoms with E-state index in [1.165, 1.54) is 18.9 Å². The number of anilines is 1. The number of nitrogen functional groups attached to an aromatic ring is 1. The fraction of sp³-hybridized carbons (Fsp3) is 0.308. The average Bonchev–Trinajstić information content (AvgIpc) is 3.25. The standard InChI is InChI=1S/C13H14N4O3S/c1-20-11(18)7-2-5-9(14)10(6-7)21-13-16-15-12(19)17(13)8-3-4-8/h2,5-6,8H,3-4,14H2,1H3,(H,15,19). The normalized spacial score (nSPS) is 14.1. The maximum Gasteiger partial charge on any atom is 0.344 e. The first-order chi connectivity index (χ1) is 10.1. The second-order valence-electron chi connectivity index (χ2n) is 4.76. The Balaban J connectivity index is 1.94. The van der Waals surface area contributed by atoms with Crippen LogP contribution in [0.3, 0.4) is 0 Å². The summed E-state index contributed by atoms with van der Waals surface area (Å²) in [7, 11) is 1.32. The van der Waals surface area contributed by atoms with Crippen molar-refractivity contribution in [3.8, 4) is 0 Å². The number of hydrogen-bond acceptors (Lipinski definition) is 6. The monoisotopic (exact) mass is 306 g/mol. The van der Waals surface area contributed by atoms with Crippen LogP contribution in [-0.2, 0) is 4.74 Å². The molecule has 8 heteroatoms. The summed E-state index contributed by atoms with van der Waals surface area (Å²) in [5.41, 5.74) is 6.64. The second kappa shape index (κ2) is 5.28. The number of rotatable bonds is 4. The van der Waals surface area contributed by atoms with Gasteiger partial charge in [0, 0.05) is 16.6 Å². The van der Waals surface area contributed by atoms with Crippen LogP contribution in [0, 0.1) is 0 Å². The number of nitrogens with two attached hydrogens (primary N) is 1. The summed E-state index contributed by atoms with van der Waals surface area (Å²) in [4.78, 5) is 24.0. The third-order valence-corrected chi connectivity index (χ3v) is 4.26. The Bertz CT molecular complexity index is 748. The highest BCUT2D eigenvalue weighted by Crippen LogP contribution is 2.38. The van der Waals surface area contributed by atoms with Gasteiger partial charge in [-0.3, -0.25) is 4.57 Å². The number of nitrogens with one attached hydrogen (secondary N) is 1. The van der Waals surface area contributed by atoms with Crippen LogP contribution in [0.15, 0.2) is 33.0 Å². The number of nitrogens with zero attached hydrogens (tertiary/aromatic N) is 2. The largest absolute Gasteiger partial charge is 0.465 e. The number of methoxy groups -OCH3 is 1. The highest BCUT2D eigenvalue weighted by Gasteiger charge is 2.29. The topological polar surface area (TPSA) is 103 Å². The minimum Gasteiger partial charge on any atom is -0.465 e. The zero-order chi connectivity index (χ0) is 15.0. The van der Waals surface area contributed by atoms with E-state index in [2.05, 4.69) is 10.2 Å². The number of H-pyrrole nitrogens is 1. The Morgan fingerprint density at radius 3 is 2.95 bits per heavy atom. The molecule has 1 aliphatic rings. The van der Waals surface area contributed by atoms with Gasteiger partial charge in [-0.2, -0.15) is 0 Å². The van der Waals surface area contributed by atoms with E-state index in [-0.39, 0.29) is 11.7 Å². The van der Waals surface area contributed by atoms with Crippen molar-refractivity contribution in [3.05, 3.63) is 34.2 Å². The van der Waals surface area contributed by atoms with E-state index < -0.39 is 5.97 Å². The van der Waals surface area contributed by atoms with Gasteiger partial charge < -0.3 is 10.5 Å². The molecule has 7 nitrogen and oxygen atoms in total. The van der Waals surface area contributed by atoms with Crippen LogP contribution < -0.4 is 11.4 Å². The van der Waals surface area contributed by atoms with E-state index in [1.807, 2.05) is 0 Å². The molecule has 0 spiro atoms. The van der Waals surface area contributed by atoms with E-state index in [9.17, 15) is 9.59 Å². The molecule has 1 aromatic heterocycles. The van der Waals surface area contributed by atoms with Crippen molar-refractivity contribution < 1.29 is 9.53 Å². The van der Waals surface area contributed by atoms with E-state index in [0.29, 0.717) is 21.3 Å².